The molecule has 0 radical (unpaired) electrons. The SMILES string of the molecule is Cc1cc(Cl)c(OCCOc2ccc(C3=C(C(=O)N(Cc4ccccc4C)C4CC4)[C@H]4CN(C(=O)[C@@H]5C[C@@H](OC=O)CN5)C[C@@H](C3)N4)cc2)cc1C. The van der Waals surface area contributed by atoms with E-state index in [1.54, 1.807) is 0 Å². The van der Waals surface area contributed by atoms with E-state index in [2.05, 4.69) is 29.7 Å². The summed E-state index contributed by atoms with van der Waals surface area (Å²) in [5.74, 6) is 1.35. The molecule has 3 aromatic rings. The van der Waals surface area contributed by atoms with Gasteiger partial charge in [0.2, 0.25) is 5.91 Å². The zero-order valence-electron chi connectivity index (χ0n) is 30.0. The highest BCUT2D eigenvalue weighted by Crippen LogP contribution is 2.38. The molecule has 52 heavy (non-hydrogen) atoms. The van der Waals surface area contributed by atoms with Crippen LogP contribution in [-0.4, -0.2) is 91.2 Å². The van der Waals surface area contributed by atoms with E-state index in [9.17, 15) is 14.4 Å². The first-order valence-electron chi connectivity index (χ1n) is 18.3. The molecule has 2 bridgehead atoms. The number of piperazine rings is 1. The topological polar surface area (TPSA) is 109 Å². The lowest BCUT2D eigenvalue weighted by molar-refractivity contribution is -0.137. The molecule has 0 spiro atoms. The van der Waals surface area contributed by atoms with E-state index >= 15 is 0 Å². The average molecular weight is 727 g/mol. The fourth-order valence-corrected chi connectivity index (χ4v) is 7.92. The number of nitrogens with one attached hydrogen (secondary N) is 2. The number of carbonyl (C=O) groups is 3. The lowest BCUT2D eigenvalue weighted by atomic mass is 9.82. The summed E-state index contributed by atoms with van der Waals surface area (Å²) < 4.78 is 17.1. The molecule has 7 rings (SSSR count). The summed E-state index contributed by atoms with van der Waals surface area (Å²) in [6.07, 6.45) is 2.68. The molecule has 274 valence electrons. The molecule has 3 fully saturated rings. The quantitative estimate of drug-likeness (QED) is 0.184. The van der Waals surface area contributed by atoms with Gasteiger partial charge in [-0.05, 0) is 97.7 Å². The van der Waals surface area contributed by atoms with E-state index < -0.39 is 6.04 Å². The number of hydrogen-bond donors (Lipinski definition) is 2. The summed E-state index contributed by atoms with van der Waals surface area (Å²) in [5.41, 5.74) is 7.24. The Balaban J connectivity index is 1.11. The molecule has 0 unspecified atom stereocenters. The van der Waals surface area contributed by atoms with Gasteiger partial charge in [-0.3, -0.25) is 14.4 Å². The smallest absolute Gasteiger partial charge is 0.293 e. The van der Waals surface area contributed by atoms with Crippen LogP contribution < -0.4 is 20.1 Å². The molecule has 2 saturated heterocycles. The van der Waals surface area contributed by atoms with Crippen LogP contribution in [0.5, 0.6) is 11.5 Å². The first-order valence-corrected chi connectivity index (χ1v) is 18.6. The Morgan fingerprint density at radius 1 is 0.962 bits per heavy atom. The van der Waals surface area contributed by atoms with Crippen molar-refractivity contribution in [3.8, 4) is 11.5 Å². The van der Waals surface area contributed by atoms with Crippen LogP contribution in [0.25, 0.3) is 5.57 Å². The number of aryl methyl sites for hydroxylation is 3. The Morgan fingerprint density at radius 3 is 2.46 bits per heavy atom. The zero-order chi connectivity index (χ0) is 36.4. The number of benzene rings is 3. The van der Waals surface area contributed by atoms with Crippen molar-refractivity contribution in [3.05, 3.63) is 99.1 Å². The van der Waals surface area contributed by atoms with Gasteiger partial charge in [0.25, 0.3) is 12.4 Å². The van der Waals surface area contributed by atoms with Crippen LogP contribution in [0.15, 0.2) is 66.2 Å². The van der Waals surface area contributed by atoms with Crippen LogP contribution in [0.1, 0.15) is 53.5 Å². The van der Waals surface area contributed by atoms with Crippen LogP contribution in [-0.2, 0) is 25.7 Å². The third-order valence-corrected chi connectivity index (χ3v) is 11.1. The van der Waals surface area contributed by atoms with E-state index in [4.69, 9.17) is 25.8 Å². The zero-order valence-corrected chi connectivity index (χ0v) is 30.8. The predicted molar refractivity (Wildman–Crippen MR) is 199 cm³/mol. The molecule has 1 saturated carbocycles. The number of carbonyl (C=O) groups excluding carboxylic acids is 3. The number of halogens is 1. The van der Waals surface area contributed by atoms with Gasteiger partial charge in [0.05, 0.1) is 17.1 Å². The molecule has 0 aromatic heterocycles. The molecular formula is C41H47ClN4O6. The molecule has 3 aliphatic heterocycles. The third kappa shape index (κ3) is 7.99. The standard InChI is InChI=1S/C41H47ClN4O6/c1-25-6-4-5-7-29(25)21-46(31-10-11-31)41(49)39-34(18-30-22-45(23-37(39)44-30)40(48)36-19-33(20-43-36)52-24-47)28-8-12-32(13-9-28)50-14-15-51-38-17-27(3)26(2)16-35(38)42/h4-9,12-13,16-17,24,30-31,33,36-37,43-44H,10-11,14-15,18-23H2,1-3H3/t30-,33-,36+,37-/m1/s1. The maximum absolute atomic E-state index is 14.9. The number of hydrogen-bond acceptors (Lipinski definition) is 8. The maximum Gasteiger partial charge on any atom is 0.293 e. The Labute approximate surface area is 310 Å². The first-order chi connectivity index (χ1) is 25.2. The highest BCUT2D eigenvalue weighted by atomic mass is 35.5. The minimum absolute atomic E-state index is 0.0197. The molecule has 4 aliphatic rings. The van der Waals surface area contributed by atoms with Crippen molar-refractivity contribution in [2.45, 2.75) is 83.3 Å². The van der Waals surface area contributed by atoms with Crippen molar-refractivity contribution in [3.63, 3.8) is 0 Å². The van der Waals surface area contributed by atoms with Crippen LogP contribution >= 0.6 is 11.6 Å². The van der Waals surface area contributed by atoms with Crippen molar-refractivity contribution in [1.82, 2.24) is 20.4 Å². The second-order valence-corrected chi connectivity index (χ2v) is 14.9. The molecule has 1 aliphatic carbocycles. The number of ether oxygens (including phenoxy) is 3. The highest BCUT2D eigenvalue weighted by molar-refractivity contribution is 6.32. The molecule has 10 nitrogen and oxygen atoms in total. The molecule has 3 aromatic carbocycles. The summed E-state index contributed by atoms with van der Waals surface area (Å²) in [7, 11) is 0. The number of amides is 2. The molecule has 2 amide bonds. The van der Waals surface area contributed by atoms with Gasteiger partial charge in [0.1, 0.15) is 30.8 Å². The Kier molecular flexibility index (Phi) is 10.9. The van der Waals surface area contributed by atoms with Gasteiger partial charge in [-0.25, -0.2) is 0 Å². The number of fused-ring (bicyclic) bond motifs is 2. The van der Waals surface area contributed by atoms with Gasteiger partial charge < -0.3 is 34.6 Å². The normalized spacial score (nSPS) is 22.6. The third-order valence-electron chi connectivity index (χ3n) is 10.8. The van der Waals surface area contributed by atoms with Gasteiger partial charge in [-0.15, -0.1) is 0 Å². The fourth-order valence-electron chi connectivity index (χ4n) is 7.65. The van der Waals surface area contributed by atoms with Gasteiger partial charge in [0, 0.05) is 50.3 Å². The molecular weight excluding hydrogens is 680 g/mol. The van der Waals surface area contributed by atoms with Gasteiger partial charge in [0.15, 0.2) is 0 Å². The van der Waals surface area contributed by atoms with Crippen LogP contribution in [0.4, 0.5) is 0 Å². The average Bonchev–Trinajstić information content (AvgIpc) is 3.88. The minimum Gasteiger partial charge on any atom is -0.490 e. The molecule has 2 N–H and O–H groups in total. The van der Waals surface area contributed by atoms with Crippen LogP contribution in [0.2, 0.25) is 5.02 Å². The second kappa shape index (κ2) is 15.7. The second-order valence-electron chi connectivity index (χ2n) is 14.5. The van der Waals surface area contributed by atoms with Crippen molar-refractivity contribution in [2.24, 2.45) is 0 Å². The summed E-state index contributed by atoms with van der Waals surface area (Å²) >= 11 is 6.38. The lowest BCUT2D eigenvalue weighted by Gasteiger charge is -2.45. The predicted octanol–water partition coefficient (Wildman–Crippen LogP) is 5.14. The van der Waals surface area contributed by atoms with Gasteiger partial charge in [-0.1, -0.05) is 48.0 Å². The van der Waals surface area contributed by atoms with E-state index in [0.717, 1.165) is 51.8 Å². The first kappa shape index (κ1) is 36.0. The Bertz CT molecular complexity index is 1840. The van der Waals surface area contributed by atoms with Crippen molar-refractivity contribution >= 4 is 35.5 Å². The largest absolute Gasteiger partial charge is 0.490 e. The number of nitrogens with zero attached hydrogens (tertiary/aromatic N) is 2. The summed E-state index contributed by atoms with van der Waals surface area (Å²) in [4.78, 5) is 43.5. The molecule has 3 heterocycles. The van der Waals surface area contributed by atoms with E-state index in [1.807, 2.05) is 72.2 Å². The van der Waals surface area contributed by atoms with Crippen LogP contribution in [0.3, 0.4) is 0 Å². The summed E-state index contributed by atoms with van der Waals surface area (Å²) in [5, 5.41) is 7.52. The summed E-state index contributed by atoms with van der Waals surface area (Å²) in [6.45, 7) is 9.16. The fraction of sp³-hybridized carbons (Fsp3) is 0.439. The molecule has 4 atom stereocenters. The van der Waals surface area contributed by atoms with Crippen molar-refractivity contribution in [2.75, 3.05) is 32.8 Å². The highest BCUT2D eigenvalue weighted by Gasteiger charge is 2.45. The lowest BCUT2D eigenvalue weighted by Crippen LogP contribution is -2.63. The maximum atomic E-state index is 14.9. The Hall–Kier alpha value is -4.38. The van der Waals surface area contributed by atoms with E-state index in [-0.39, 0.29) is 36.0 Å². The van der Waals surface area contributed by atoms with Crippen LogP contribution in [0, 0.1) is 20.8 Å². The molecule has 11 heteroatoms. The van der Waals surface area contributed by atoms with E-state index in [1.165, 1.54) is 0 Å². The van der Waals surface area contributed by atoms with E-state index in [0.29, 0.717) is 75.2 Å². The van der Waals surface area contributed by atoms with Gasteiger partial charge >= 0.3 is 0 Å². The monoisotopic (exact) mass is 726 g/mol. The minimum atomic E-state index is -0.425. The van der Waals surface area contributed by atoms with Crippen molar-refractivity contribution in [1.29, 1.82) is 0 Å². The number of rotatable bonds is 13. The van der Waals surface area contributed by atoms with Gasteiger partial charge in [-0.2, -0.15) is 0 Å². The van der Waals surface area contributed by atoms with Crippen molar-refractivity contribution < 1.29 is 28.6 Å². The Morgan fingerprint density at radius 2 is 1.71 bits per heavy atom. The summed E-state index contributed by atoms with van der Waals surface area (Å²) in [6, 6.07) is 19.4.